The topological polar surface area (TPSA) is 34.1 Å². The van der Waals surface area contributed by atoms with Crippen molar-refractivity contribution >= 4 is 12.6 Å². The van der Waals surface area contributed by atoms with E-state index in [2.05, 4.69) is 19.9 Å². The number of hydrogen-bond acceptors (Lipinski definition) is 2. The molecule has 2 unspecified atom stereocenters. The van der Waals surface area contributed by atoms with Gasteiger partial charge in [0.1, 0.15) is 12.6 Å². The van der Waals surface area contributed by atoms with Crippen LogP contribution >= 0.6 is 0 Å². The molecule has 0 fully saturated rings. The largest absolute Gasteiger partial charge is 0.302 e. The average molecular weight is 218 g/mol. The highest BCUT2D eigenvalue weighted by atomic mass is 16.1. The normalized spacial score (nSPS) is 32.1. The maximum Gasteiger partial charge on any atom is 0.146 e. The molecular formula is C14H18O2. The first-order valence-electron chi connectivity index (χ1n) is 5.90. The minimum absolute atomic E-state index is 0.246. The van der Waals surface area contributed by atoms with Crippen molar-refractivity contribution in [2.75, 3.05) is 0 Å². The second-order valence-electron chi connectivity index (χ2n) is 5.46. The highest BCUT2D eigenvalue weighted by molar-refractivity contribution is 5.84. The zero-order valence-corrected chi connectivity index (χ0v) is 9.90. The monoisotopic (exact) mass is 218 g/mol. The molecule has 16 heavy (non-hydrogen) atoms. The van der Waals surface area contributed by atoms with Crippen LogP contribution in [0.3, 0.4) is 0 Å². The molecule has 2 aliphatic carbocycles. The lowest BCUT2D eigenvalue weighted by Gasteiger charge is -2.43. The molecule has 2 nitrogen and oxygen atoms in total. The van der Waals surface area contributed by atoms with E-state index in [0.717, 1.165) is 31.8 Å². The molecule has 0 amide bonds. The molecule has 0 saturated carbocycles. The van der Waals surface area contributed by atoms with E-state index in [9.17, 15) is 9.59 Å². The maximum atomic E-state index is 11.2. The molecule has 0 aromatic rings. The predicted molar refractivity (Wildman–Crippen MR) is 62.9 cm³/mol. The van der Waals surface area contributed by atoms with Crippen molar-refractivity contribution in [2.24, 2.45) is 17.3 Å². The van der Waals surface area contributed by atoms with Crippen molar-refractivity contribution in [3.63, 3.8) is 0 Å². The summed E-state index contributed by atoms with van der Waals surface area (Å²) in [5.74, 6) is 0.149. The molecule has 2 aliphatic rings. The Morgan fingerprint density at radius 3 is 2.69 bits per heavy atom. The van der Waals surface area contributed by atoms with Crippen LogP contribution in [0.2, 0.25) is 0 Å². The van der Waals surface area contributed by atoms with Gasteiger partial charge in [0.2, 0.25) is 0 Å². The standard InChI is InChI=1S/C14H18O2/c1-14(2)7-3-4-11-12(9-16)10(8-15)5-6-13(11)14/h4-5,8-9,12-13H,3,6-7H2,1-2H3. The summed E-state index contributed by atoms with van der Waals surface area (Å²) < 4.78 is 0. The molecule has 0 aromatic heterocycles. The quantitative estimate of drug-likeness (QED) is 0.527. The van der Waals surface area contributed by atoms with E-state index in [1.165, 1.54) is 5.57 Å². The lowest BCUT2D eigenvalue weighted by molar-refractivity contribution is -0.112. The predicted octanol–water partition coefficient (Wildman–Crippen LogP) is 2.69. The molecule has 0 spiro atoms. The Labute approximate surface area is 96.4 Å². The number of fused-ring (bicyclic) bond motifs is 1. The summed E-state index contributed by atoms with van der Waals surface area (Å²) in [6, 6.07) is 0. The Hall–Kier alpha value is -1.18. The first kappa shape index (κ1) is 11.3. The van der Waals surface area contributed by atoms with Crippen LogP contribution in [-0.2, 0) is 9.59 Å². The molecule has 0 bridgehead atoms. The fraction of sp³-hybridized carbons (Fsp3) is 0.571. The van der Waals surface area contributed by atoms with E-state index < -0.39 is 0 Å². The SMILES string of the molecule is CC1(C)CCC=C2C(C=O)C(C=O)=CCC21. The van der Waals surface area contributed by atoms with Crippen LogP contribution in [0, 0.1) is 17.3 Å². The van der Waals surface area contributed by atoms with Crippen LogP contribution < -0.4 is 0 Å². The molecule has 0 heterocycles. The molecular weight excluding hydrogens is 200 g/mol. The summed E-state index contributed by atoms with van der Waals surface area (Å²) in [7, 11) is 0. The van der Waals surface area contributed by atoms with Gasteiger partial charge < -0.3 is 4.79 Å². The summed E-state index contributed by atoms with van der Waals surface area (Å²) >= 11 is 0. The van der Waals surface area contributed by atoms with Gasteiger partial charge in [0.25, 0.3) is 0 Å². The fourth-order valence-electron chi connectivity index (χ4n) is 3.03. The highest BCUT2D eigenvalue weighted by Crippen LogP contribution is 2.48. The molecule has 2 atom stereocenters. The summed E-state index contributed by atoms with van der Waals surface area (Å²) in [4.78, 5) is 22.1. The average Bonchev–Trinajstić information content (AvgIpc) is 2.27. The number of carbonyl (C=O) groups is 2. The van der Waals surface area contributed by atoms with E-state index in [1.807, 2.05) is 6.08 Å². The zero-order chi connectivity index (χ0) is 11.8. The van der Waals surface area contributed by atoms with Crippen molar-refractivity contribution in [3.05, 3.63) is 23.3 Å². The highest BCUT2D eigenvalue weighted by Gasteiger charge is 2.39. The smallest absolute Gasteiger partial charge is 0.146 e. The van der Waals surface area contributed by atoms with Gasteiger partial charge in [0.05, 0.1) is 5.92 Å². The van der Waals surface area contributed by atoms with Crippen LogP contribution in [-0.4, -0.2) is 12.6 Å². The van der Waals surface area contributed by atoms with Crippen LogP contribution in [0.5, 0.6) is 0 Å². The number of rotatable bonds is 2. The van der Waals surface area contributed by atoms with E-state index in [1.54, 1.807) is 0 Å². The molecule has 0 N–H and O–H groups in total. The molecule has 0 aromatic carbocycles. The molecule has 86 valence electrons. The van der Waals surface area contributed by atoms with Gasteiger partial charge in [-0.3, -0.25) is 4.79 Å². The summed E-state index contributed by atoms with van der Waals surface area (Å²) in [5, 5.41) is 0. The third-order valence-electron chi connectivity index (χ3n) is 4.09. The zero-order valence-electron chi connectivity index (χ0n) is 9.90. The first-order valence-corrected chi connectivity index (χ1v) is 5.90. The van der Waals surface area contributed by atoms with Crippen LogP contribution in [0.4, 0.5) is 0 Å². The van der Waals surface area contributed by atoms with Crippen molar-refractivity contribution in [2.45, 2.75) is 33.1 Å². The fourth-order valence-corrected chi connectivity index (χ4v) is 3.03. The van der Waals surface area contributed by atoms with Crippen LogP contribution in [0.1, 0.15) is 33.1 Å². The number of aldehydes is 2. The van der Waals surface area contributed by atoms with Gasteiger partial charge in [-0.2, -0.15) is 0 Å². The number of allylic oxidation sites excluding steroid dienone is 4. The Balaban J connectivity index is 2.42. The second kappa shape index (κ2) is 4.00. The third-order valence-corrected chi connectivity index (χ3v) is 4.09. The Morgan fingerprint density at radius 1 is 1.31 bits per heavy atom. The Kier molecular flexibility index (Phi) is 2.83. The molecule has 0 aliphatic heterocycles. The summed E-state index contributed by atoms with van der Waals surface area (Å²) in [6.45, 7) is 4.51. The van der Waals surface area contributed by atoms with E-state index in [4.69, 9.17) is 0 Å². The van der Waals surface area contributed by atoms with Crippen LogP contribution in [0.15, 0.2) is 23.3 Å². The van der Waals surface area contributed by atoms with Gasteiger partial charge in [-0.15, -0.1) is 0 Å². The van der Waals surface area contributed by atoms with Crippen molar-refractivity contribution < 1.29 is 9.59 Å². The van der Waals surface area contributed by atoms with Crippen molar-refractivity contribution in [1.82, 2.24) is 0 Å². The van der Waals surface area contributed by atoms with Gasteiger partial charge in [-0.25, -0.2) is 0 Å². The number of hydrogen-bond donors (Lipinski definition) is 0. The minimum Gasteiger partial charge on any atom is -0.302 e. The molecule has 0 saturated heterocycles. The second-order valence-corrected chi connectivity index (χ2v) is 5.46. The molecule has 2 heteroatoms. The van der Waals surface area contributed by atoms with Gasteiger partial charge in [0.15, 0.2) is 0 Å². The van der Waals surface area contributed by atoms with Crippen LogP contribution in [0.25, 0.3) is 0 Å². The van der Waals surface area contributed by atoms with E-state index >= 15 is 0 Å². The third kappa shape index (κ3) is 1.66. The van der Waals surface area contributed by atoms with Crippen molar-refractivity contribution in [1.29, 1.82) is 0 Å². The van der Waals surface area contributed by atoms with E-state index in [0.29, 0.717) is 11.5 Å². The molecule has 0 radical (unpaired) electrons. The van der Waals surface area contributed by atoms with Gasteiger partial charge >= 0.3 is 0 Å². The van der Waals surface area contributed by atoms with Gasteiger partial charge in [0, 0.05) is 5.57 Å². The van der Waals surface area contributed by atoms with Gasteiger partial charge in [-0.1, -0.05) is 31.6 Å². The lowest BCUT2D eigenvalue weighted by atomic mass is 9.61. The number of carbonyl (C=O) groups excluding carboxylic acids is 2. The van der Waals surface area contributed by atoms with E-state index in [-0.39, 0.29) is 11.3 Å². The summed E-state index contributed by atoms with van der Waals surface area (Å²) in [5.41, 5.74) is 2.07. The summed E-state index contributed by atoms with van der Waals surface area (Å²) in [6.07, 6.45) is 8.95. The van der Waals surface area contributed by atoms with Crippen molar-refractivity contribution in [3.8, 4) is 0 Å². The first-order chi connectivity index (χ1) is 7.60. The Morgan fingerprint density at radius 2 is 2.06 bits per heavy atom. The van der Waals surface area contributed by atoms with Gasteiger partial charge in [-0.05, 0) is 30.6 Å². The molecule has 2 rings (SSSR count). The lowest BCUT2D eigenvalue weighted by Crippen LogP contribution is -2.34. The maximum absolute atomic E-state index is 11.2. The Bertz CT molecular complexity index is 374. The minimum atomic E-state index is -0.282.